The van der Waals surface area contributed by atoms with Crippen molar-refractivity contribution in [3.63, 3.8) is 0 Å². The maximum absolute atomic E-state index is 12.5. The van der Waals surface area contributed by atoms with Gasteiger partial charge in [-0.3, -0.25) is 4.79 Å². The highest BCUT2D eigenvalue weighted by Gasteiger charge is 2.10. The Morgan fingerprint density at radius 3 is 2.57 bits per heavy atom. The van der Waals surface area contributed by atoms with E-state index in [0.717, 1.165) is 11.3 Å². The molecule has 2 aromatic carbocycles. The van der Waals surface area contributed by atoms with Crippen molar-refractivity contribution in [3.05, 3.63) is 78.1 Å². The van der Waals surface area contributed by atoms with Gasteiger partial charge in [-0.05, 0) is 48.5 Å². The number of anilines is 1. The molecule has 8 heteroatoms. The Morgan fingerprint density at radius 1 is 1.00 bits per heavy atom. The summed E-state index contributed by atoms with van der Waals surface area (Å²) < 4.78 is 6.24. The van der Waals surface area contributed by atoms with Crippen molar-refractivity contribution in [2.45, 2.75) is 0 Å². The van der Waals surface area contributed by atoms with E-state index in [0.29, 0.717) is 22.5 Å². The predicted molar refractivity (Wildman–Crippen MR) is 102 cm³/mol. The summed E-state index contributed by atoms with van der Waals surface area (Å²) in [7, 11) is 1.31. The number of benzene rings is 2. The number of amides is 1. The normalized spacial score (nSPS) is 10.6. The second-order valence-electron chi connectivity index (χ2n) is 5.96. The molecule has 0 aliphatic carbocycles. The van der Waals surface area contributed by atoms with Crippen LogP contribution in [0.4, 0.5) is 5.69 Å². The van der Waals surface area contributed by atoms with Gasteiger partial charge in [0.15, 0.2) is 5.65 Å². The van der Waals surface area contributed by atoms with Crippen molar-refractivity contribution in [3.8, 4) is 11.3 Å². The second-order valence-corrected chi connectivity index (χ2v) is 5.96. The first-order chi connectivity index (χ1) is 13.6. The second kappa shape index (κ2) is 7.28. The Bertz CT molecular complexity index is 1170. The number of carbonyl (C=O) groups excluding carboxylic acids is 2. The molecule has 1 N–H and O–H groups in total. The van der Waals surface area contributed by atoms with Gasteiger partial charge in [-0.15, -0.1) is 10.2 Å². The largest absolute Gasteiger partial charge is 0.465 e. The smallest absolute Gasteiger partial charge is 0.337 e. The lowest BCUT2D eigenvalue weighted by Crippen LogP contribution is -2.12. The topological polar surface area (TPSA) is 98.5 Å². The van der Waals surface area contributed by atoms with Crippen LogP contribution in [0.25, 0.3) is 16.9 Å². The third-order valence-corrected chi connectivity index (χ3v) is 4.15. The Balaban J connectivity index is 1.54. The number of aromatic nitrogens is 4. The summed E-state index contributed by atoms with van der Waals surface area (Å²) in [6.07, 6.45) is 1.53. The van der Waals surface area contributed by atoms with Crippen LogP contribution in [0.15, 0.2) is 67.0 Å². The van der Waals surface area contributed by atoms with Gasteiger partial charge >= 0.3 is 5.97 Å². The Labute approximate surface area is 159 Å². The van der Waals surface area contributed by atoms with E-state index in [1.807, 2.05) is 30.3 Å². The number of hydrogen-bond donors (Lipinski definition) is 1. The summed E-state index contributed by atoms with van der Waals surface area (Å²) in [5.41, 5.74) is 3.67. The maximum atomic E-state index is 12.5. The van der Waals surface area contributed by atoms with Crippen molar-refractivity contribution in [1.82, 2.24) is 19.8 Å². The molecule has 1 amide bonds. The summed E-state index contributed by atoms with van der Waals surface area (Å²) in [4.78, 5) is 24.0. The molecule has 0 unspecified atom stereocenters. The van der Waals surface area contributed by atoms with E-state index in [1.54, 1.807) is 34.8 Å². The summed E-state index contributed by atoms with van der Waals surface area (Å²) in [5, 5.41) is 15.0. The molecule has 0 aliphatic heterocycles. The van der Waals surface area contributed by atoms with Gasteiger partial charge in [0.05, 0.1) is 18.4 Å². The van der Waals surface area contributed by atoms with Gasteiger partial charge in [-0.2, -0.15) is 9.61 Å². The van der Waals surface area contributed by atoms with Crippen LogP contribution in [-0.4, -0.2) is 38.8 Å². The van der Waals surface area contributed by atoms with Crippen LogP contribution in [0.1, 0.15) is 20.7 Å². The number of hydrogen-bond acceptors (Lipinski definition) is 6. The average Bonchev–Trinajstić information content (AvgIpc) is 3.21. The van der Waals surface area contributed by atoms with Crippen molar-refractivity contribution < 1.29 is 14.3 Å². The van der Waals surface area contributed by atoms with E-state index in [1.165, 1.54) is 13.4 Å². The number of nitrogens with one attached hydrogen (secondary N) is 1. The number of rotatable bonds is 4. The van der Waals surface area contributed by atoms with Gasteiger partial charge in [0.25, 0.3) is 5.91 Å². The number of nitrogens with zero attached hydrogens (tertiary/aromatic N) is 4. The van der Waals surface area contributed by atoms with Crippen LogP contribution in [0.3, 0.4) is 0 Å². The number of carbonyl (C=O) groups is 2. The molecule has 0 fully saturated rings. The van der Waals surface area contributed by atoms with E-state index in [2.05, 4.69) is 25.3 Å². The minimum atomic E-state index is -0.447. The van der Waals surface area contributed by atoms with E-state index in [-0.39, 0.29) is 5.91 Å². The molecule has 8 nitrogen and oxygen atoms in total. The maximum Gasteiger partial charge on any atom is 0.337 e. The highest BCUT2D eigenvalue weighted by molar-refractivity contribution is 6.05. The minimum Gasteiger partial charge on any atom is -0.465 e. The Morgan fingerprint density at radius 2 is 1.79 bits per heavy atom. The molecule has 4 rings (SSSR count). The molecule has 0 aliphatic rings. The number of methoxy groups -OCH3 is 1. The molecule has 138 valence electrons. The van der Waals surface area contributed by atoms with Gasteiger partial charge < -0.3 is 10.1 Å². The van der Waals surface area contributed by atoms with Crippen LogP contribution in [0.5, 0.6) is 0 Å². The summed E-state index contributed by atoms with van der Waals surface area (Å²) >= 11 is 0. The van der Waals surface area contributed by atoms with E-state index in [4.69, 9.17) is 0 Å². The molecule has 28 heavy (non-hydrogen) atoms. The third-order valence-electron chi connectivity index (χ3n) is 4.15. The van der Waals surface area contributed by atoms with Gasteiger partial charge in [0.1, 0.15) is 6.33 Å². The molecule has 2 heterocycles. The highest BCUT2D eigenvalue weighted by atomic mass is 16.5. The van der Waals surface area contributed by atoms with Crippen LogP contribution in [-0.2, 0) is 4.74 Å². The monoisotopic (exact) mass is 373 g/mol. The van der Waals surface area contributed by atoms with E-state index >= 15 is 0 Å². The molecule has 0 bridgehead atoms. The zero-order valence-corrected chi connectivity index (χ0v) is 14.9. The first kappa shape index (κ1) is 17.3. The standard InChI is InChI=1S/C20H15N5O3/c1-28-20(27)14-7-5-13(6-8-14)19(26)22-16-4-2-3-15(11-16)17-9-10-18-23-21-12-25(18)24-17/h2-12H,1H3,(H,22,26). The fraction of sp³-hybridized carbons (Fsp3) is 0.0500. The molecule has 4 aromatic rings. The zero-order valence-electron chi connectivity index (χ0n) is 14.9. The minimum absolute atomic E-state index is 0.282. The quantitative estimate of drug-likeness (QED) is 0.552. The molecule has 0 saturated heterocycles. The van der Waals surface area contributed by atoms with Gasteiger partial charge in [-0.25, -0.2) is 4.79 Å². The van der Waals surface area contributed by atoms with Crippen molar-refractivity contribution in [1.29, 1.82) is 0 Å². The Hall–Kier alpha value is -4.07. The average molecular weight is 373 g/mol. The van der Waals surface area contributed by atoms with Crippen LogP contribution in [0.2, 0.25) is 0 Å². The molecular formula is C20H15N5O3. The lowest BCUT2D eigenvalue weighted by molar-refractivity contribution is 0.0600. The molecule has 2 aromatic heterocycles. The van der Waals surface area contributed by atoms with Gasteiger partial charge in [0.2, 0.25) is 0 Å². The summed E-state index contributed by atoms with van der Waals surface area (Å²) in [5.74, 6) is -0.729. The van der Waals surface area contributed by atoms with Crippen LogP contribution in [0, 0.1) is 0 Å². The molecule has 0 atom stereocenters. The Kier molecular flexibility index (Phi) is 4.51. The summed E-state index contributed by atoms with van der Waals surface area (Å²) in [6, 6.07) is 17.3. The van der Waals surface area contributed by atoms with Gasteiger partial charge in [0, 0.05) is 16.8 Å². The molecule has 0 spiro atoms. The van der Waals surface area contributed by atoms with Crippen molar-refractivity contribution in [2.24, 2.45) is 0 Å². The molecule has 0 radical (unpaired) electrons. The summed E-state index contributed by atoms with van der Waals surface area (Å²) in [6.45, 7) is 0. The SMILES string of the molecule is COC(=O)c1ccc(C(=O)Nc2cccc(-c3ccc4nncn4n3)c2)cc1. The highest BCUT2D eigenvalue weighted by Crippen LogP contribution is 2.21. The number of ether oxygens (including phenoxy) is 1. The fourth-order valence-corrected chi connectivity index (χ4v) is 2.72. The van der Waals surface area contributed by atoms with Gasteiger partial charge in [-0.1, -0.05) is 12.1 Å². The van der Waals surface area contributed by atoms with Crippen LogP contribution >= 0.6 is 0 Å². The van der Waals surface area contributed by atoms with E-state index in [9.17, 15) is 9.59 Å². The lowest BCUT2D eigenvalue weighted by atomic mass is 10.1. The van der Waals surface area contributed by atoms with E-state index < -0.39 is 5.97 Å². The lowest BCUT2D eigenvalue weighted by Gasteiger charge is -2.08. The molecule has 0 saturated carbocycles. The fourth-order valence-electron chi connectivity index (χ4n) is 2.72. The first-order valence-corrected chi connectivity index (χ1v) is 8.41. The third kappa shape index (κ3) is 3.43. The number of esters is 1. The number of fused-ring (bicyclic) bond motifs is 1. The predicted octanol–water partition coefficient (Wildman–Crippen LogP) is 2.83. The van der Waals surface area contributed by atoms with Crippen LogP contribution < -0.4 is 5.32 Å². The first-order valence-electron chi connectivity index (χ1n) is 8.41. The zero-order chi connectivity index (χ0) is 19.5. The van der Waals surface area contributed by atoms with Crippen molar-refractivity contribution in [2.75, 3.05) is 12.4 Å². The molecular weight excluding hydrogens is 358 g/mol. The van der Waals surface area contributed by atoms with Crippen molar-refractivity contribution >= 4 is 23.2 Å².